The number of morpholine rings is 1. The Morgan fingerprint density at radius 1 is 1.62 bits per heavy atom. The molecular formula is C13H17N3O5. The minimum Gasteiger partial charge on any atom is -0.389 e. The summed E-state index contributed by atoms with van der Waals surface area (Å²) in [5.41, 5.74) is 5.91. The van der Waals surface area contributed by atoms with E-state index in [0.717, 1.165) is 0 Å². The van der Waals surface area contributed by atoms with Crippen molar-refractivity contribution in [2.45, 2.75) is 19.1 Å². The van der Waals surface area contributed by atoms with Crippen LogP contribution in [0.4, 0.5) is 11.4 Å². The molecule has 0 radical (unpaired) electrons. The molecule has 0 aromatic heterocycles. The SMILES string of the molecule is C[C@@H](O)c1ccc(N2CCOCC2C(N)=O)c([N+](=O)[O-])c1. The van der Waals surface area contributed by atoms with E-state index in [2.05, 4.69) is 0 Å². The number of ether oxygens (including phenoxy) is 1. The average molecular weight is 295 g/mol. The number of nitro benzene ring substituents is 1. The van der Waals surface area contributed by atoms with Gasteiger partial charge in [0.2, 0.25) is 5.91 Å². The number of hydrogen-bond acceptors (Lipinski definition) is 6. The zero-order valence-electron chi connectivity index (χ0n) is 11.6. The molecular weight excluding hydrogens is 278 g/mol. The Morgan fingerprint density at radius 2 is 2.33 bits per heavy atom. The maximum Gasteiger partial charge on any atom is 0.292 e. The molecule has 0 bridgehead atoms. The Hall–Kier alpha value is -2.19. The summed E-state index contributed by atoms with van der Waals surface area (Å²) < 4.78 is 5.21. The van der Waals surface area contributed by atoms with Crippen LogP contribution < -0.4 is 10.6 Å². The van der Waals surface area contributed by atoms with E-state index in [1.165, 1.54) is 19.1 Å². The van der Waals surface area contributed by atoms with Gasteiger partial charge >= 0.3 is 0 Å². The highest BCUT2D eigenvalue weighted by molar-refractivity contribution is 5.85. The Balaban J connectivity index is 2.46. The lowest BCUT2D eigenvalue weighted by molar-refractivity contribution is -0.384. The number of anilines is 1. The number of aliphatic hydroxyl groups excluding tert-OH is 1. The highest BCUT2D eigenvalue weighted by Crippen LogP contribution is 2.33. The van der Waals surface area contributed by atoms with Crippen LogP contribution in [0.5, 0.6) is 0 Å². The van der Waals surface area contributed by atoms with Gasteiger partial charge in [-0.25, -0.2) is 0 Å². The average Bonchev–Trinajstić information content (AvgIpc) is 2.46. The fourth-order valence-corrected chi connectivity index (χ4v) is 2.32. The second-order valence-electron chi connectivity index (χ2n) is 4.87. The van der Waals surface area contributed by atoms with Crippen LogP contribution in [0.1, 0.15) is 18.6 Å². The van der Waals surface area contributed by atoms with Gasteiger partial charge in [-0.3, -0.25) is 14.9 Å². The molecule has 1 unspecified atom stereocenters. The Bertz CT molecular complexity index is 561. The fraction of sp³-hybridized carbons (Fsp3) is 0.462. The van der Waals surface area contributed by atoms with Crippen LogP contribution in [0.3, 0.4) is 0 Å². The number of nitrogens with two attached hydrogens (primary N) is 1. The Morgan fingerprint density at radius 3 is 2.90 bits per heavy atom. The lowest BCUT2D eigenvalue weighted by Crippen LogP contribution is -2.52. The number of amides is 1. The monoisotopic (exact) mass is 295 g/mol. The summed E-state index contributed by atoms with van der Waals surface area (Å²) in [7, 11) is 0. The van der Waals surface area contributed by atoms with E-state index in [1.54, 1.807) is 11.0 Å². The Labute approximate surface area is 121 Å². The van der Waals surface area contributed by atoms with Crippen LogP contribution >= 0.6 is 0 Å². The number of nitro groups is 1. The number of hydrogen-bond donors (Lipinski definition) is 2. The third kappa shape index (κ3) is 3.11. The van der Waals surface area contributed by atoms with Gasteiger partial charge in [0.25, 0.3) is 5.69 Å². The molecule has 114 valence electrons. The molecule has 1 aromatic carbocycles. The molecule has 21 heavy (non-hydrogen) atoms. The molecule has 0 spiro atoms. The highest BCUT2D eigenvalue weighted by Gasteiger charge is 2.32. The predicted molar refractivity (Wildman–Crippen MR) is 74.9 cm³/mol. The van der Waals surface area contributed by atoms with E-state index in [9.17, 15) is 20.0 Å². The van der Waals surface area contributed by atoms with Crippen LogP contribution in [0.15, 0.2) is 18.2 Å². The summed E-state index contributed by atoms with van der Waals surface area (Å²) in [4.78, 5) is 23.8. The van der Waals surface area contributed by atoms with Gasteiger partial charge in [-0.2, -0.15) is 0 Å². The maximum atomic E-state index is 11.5. The number of benzene rings is 1. The van der Waals surface area contributed by atoms with Gasteiger partial charge in [0, 0.05) is 12.6 Å². The molecule has 1 amide bonds. The fourth-order valence-electron chi connectivity index (χ4n) is 2.32. The van der Waals surface area contributed by atoms with E-state index in [4.69, 9.17) is 10.5 Å². The molecule has 1 aliphatic rings. The van der Waals surface area contributed by atoms with Gasteiger partial charge in [-0.1, -0.05) is 6.07 Å². The van der Waals surface area contributed by atoms with Crippen LogP contribution in [0.2, 0.25) is 0 Å². The van der Waals surface area contributed by atoms with Crippen molar-refractivity contribution in [2.24, 2.45) is 5.73 Å². The second kappa shape index (κ2) is 6.06. The highest BCUT2D eigenvalue weighted by atomic mass is 16.6. The molecule has 0 saturated carbocycles. The number of carbonyl (C=O) groups is 1. The number of rotatable bonds is 4. The van der Waals surface area contributed by atoms with Gasteiger partial charge in [0.15, 0.2) is 0 Å². The topological polar surface area (TPSA) is 119 Å². The summed E-state index contributed by atoms with van der Waals surface area (Å²) in [5.74, 6) is -0.594. The number of nitrogens with zero attached hydrogens (tertiary/aromatic N) is 2. The molecule has 2 rings (SSSR count). The first-order valence-corrected chi connectivity index (χ1v) is 6.52. The standard InChI is InChI=1S/C13H17N3O5/c1-8(17)9-2-3-10(11(6-9)16(19)20)15-4-5-21-7-12(15)13(14)18/h2-3,6,8,12,17H,4-5,7H2,1H3,(H2,14,18)/t8-,12?/m1/s1. The first kappa shape index (κ1) is 15.2. The number of aliphatic hydroxyl groups is 1. The second-order valence-corrected chi connectivity index (χ2v) is 4.87. The van der Waals surface area contributed by atoms with Crippen molar-refractivity contribution in [2.75, 3.05) is 24.7 Å². The van der Waals surface area contributed by atoms with Crippen LogP contribution in [0.25, 0.3) is 0 Å². The van der Waals surface area contributed by atoms with Gasteiger partial charge in [-0.05, 0) is 18.6 Å². The van der Waals surface area contributed by atoms with E-state index in [1.807, 2.05) is 0 Å². The van der Waals surface area contributed by atoms with E-state index >= 15 is 0 Å². The summed E-state index contributed by atoms with van der Waals surface area (Å²) in [5, 5.41) is 20.8. The molecule has 1 fully saturated rings. The molecule has 1 aromatic rings. The van der Waals surface area contributed by atoms with Crippen molar-refractivity contribution in [3.05, 3.63) is 33.9 Å². The molecule has 1 saturated heterocycles. The molecule has 8 heteroatoms. The quantitative estimate of drug-likeness (QED) is 0.610. The minimum atomic E-state index is -0.811. The van der Waals surface area contributed by atoms with Gasteiger partial charge in [-0.15, -0.1) is 0 Å². The summed E-state index contributed by atoms with van der Waals surface area (Å²) in [6.45, 7) is 2.33. The largest absolute Gasteiger partial charge is 0.389 e. The summed E-state index contributed by atoms with van der Waals surface area (Å²) >= 11 is 0. The summed E-state index contributed by atoms with van der Waals surface area (Å²) in [6.07, 6.45) is -0.811. The van der Waals surface area contributed by atoms with Gasteiger partial charge in [0.1, 0.15) is 11.7 Å². The normalized spacial score (nSPS) is 20.1. The zero-order chi connectivity index (χ0) is 15.6. The predicted octanol–water partition coefficient (Wildman–Crippen LogP) is 0.339. The smallest absolute Gasteiger partial charge is 0.292 e. The molecule has 3 N–H and O–H groups in total. The Kier molecular flexibility index (Phi) is 4.39. The van der Waals surface area contributed by atoms with Crippen molar-refractivity contribution in [3.8, 4) is 0 Å². The number of carbonyl (C=O) groups excluding carboxylic acids is 1. The van der Waals surface area contributed by atoms with Crippen molar-refractivity contribution < 1.29 is 19.6 Å². The molecule has 1 aliphatic heterocycles. The first-order chi connectivity index (χ1) is 9.91. The lowest BCUT2D eigenvalue weighted by Gasteiger charge is -2.35. The first-order valence-electron chi connectivity index (χ1n) is 6.52. The van der Waals surface area contributed by atoms with Crippen LogP contribution in [-0.2, 0) is 9.53 Å². The lowest BCUT2D eigenvalue weighted by atomic mass is 10.1. The molecule has 2 atom stereocenters. The molecule has 0 aliphatic carbocycles. The van der Waals surface area contributed by atoms with Gasteiger partial charge in [0.05, 0.1) is 24.2 Å². The minimum absolute atomic E-state index is 0.102. The van der Waals surface area contributed by atoms with E-state index in [-0.39, 0.29) is 12.3 Å². The third-order valence-electron chi connectivity index (χ3n) is 3.44. The molecule has 1 heterocycles. The van der Waals surface area contributed by atoms with Crippen molar-refractivity contribution >= 4 is 17.3 Å². The summed E-state index contributed by atoms with van der Waals surface area (Å²) in [6, 6.07) is 3.70. The van der Waals surface area contributed by atoms with Gasteiger partial charge < -0.3 is 20.5 Å². The van der Waals surface area contributed by atoms with E-state index in [0.29, 0.717) is 24.4 Å². The van der Waals surface area contributed by atoms with Crippen LogP contribution in [0, 0.1) is 10.1 Å². The van der Waals surface area contributed by atoms with Crippen molar-refractivity contribution in [1.82, 2.24) is 0 Å². The van der Waals surface area contributed by atoms with Crippen molar-refractivity contribution in [3.63, 3.8) is 0 Å². The molecule has 8 nitrogen and oxygen atoms in total. The van der Waals surface area contributed by atoms with Crippen LogP contribution in [-0.4, -0.2) is 41.7 Å². The zero-order valence-corrected chi connectivity index (χ0v) is 11.6. The van der Waals surface area contributed by atoms with Crippen molar-refractivity contribution in [1.29, 1.82) is 0 Å². The van der Waals surface area contributed by atoms with E-state index < -0.39 is 23.0 Å². The number of primary amides is 1. The maximum absolute atomic E-state index is 11.5. The third-order valence-corrected chi connectivity index (χ3v) is 3.44.